The molecule has 0 aliphatic heterocycles. The Bertz CT molecular complexity index is 889. The Morgan fingerprint density at radius 1 is 1.08 bits per heavy atom. The van der Waals surface area contributed by atoms with E-state index in [9.17, 15) is 9.59 Å². The van der Waals surface area contributed by atoms with Gasteiger partial charge < -0.3 is 15.1 Å². The summed E-state index contributed by atoms with van der Waals surface area (Å²) in [6.45, 7) is 1.92. The van der Waals surface area contributed by atoms with Crippen LogP contribution in [-0.4, -0.2) is 11.8 Å². The lowest BCUT2D eigenvalue weighted by atomic mass is 10.1. The van der Waals surface area contributed by atoms with E-state index >= 15 is 0 Å². The van der Waals surface area contributed by atoms with E-state index in [-0.39, 0.29) is 23.6 Å². The predicted octanol–water partition coefficient (Wildman–Crippen LogP) is 4.85. The summed E-state index contributed by atoms with van der Waals surface area (Å²) < 4.78 is 5.99. The minimum atomic E-state index is -0.347. The minimum absolute atomic E-state index is 0.147. The lowest BCUT2D eigenvalue weighted by Crippen LogP contribution is -2.26. The van der Waals surface area contributed by atoms with Gasteiger partial charge in [0, 0.05) is 4.47 Å². The number of hydrogen-bond acceptors (Lipinski definition) is 4. The number of rotatable bonds is 5. The van der Waals surface area contributed by atoms with E-state index in [2.05, 4.69) is 26.6 Å². The third-order valence-electron chi connectivity index (χ3n) is 3.53. The normalized spacial score (nSPS) is 11.8. The minimum Gasteiger partial charge on any atom is -0.459 e. The lowest BCUT2D eigenvalue weighted by molar-refractivity contribution is 0.0942. The van der Waals surface area contributed by atoms with Gasteiger partial charge in [0.2, 0.25) is 0 Å². The first-order valence-electron chi connectivity index (χ1n) is 7.54. The van der Waals surface area contributed by atoms with Crippen LogP contribution in [0, 0.1) is 0 Å². The molecule has 7 heteroatoms. The Balaban J connectivity index is 1.64. The number of nitrogens with one attached hydrogen (secondary N) is 2. The molecule has 5 nitrogen and oxygen atoms in total. The van der Waals surface area contributed by atoms with Crippen molar-refractivity contribution in [2.75, 3.05) is 5.32 Å². The standard InChI is InChI=1S/C18H15BrN2O3S/c1-11(12-5-2-3-6-13(12)19)20-18(23)15-8-9-16(25-15)21-17(22)14-7-4-10-24-14/h2-11H,1H3,(H,20,23)(H,21,22). The molecule has 0 radical (unpaired) electrons. The largest absolute Gasteiger partial charge is 0.459 e. The van der Waals surface area contributed by atoms with Gasteiger partial charge in [0.15, 0.2) is 5.76 Å². The molecule has 0 saturated carbocycles. The van der Waals surface area contributed by atoms with Crippen molar-refractivity contribution in [1.29, 1.82) is 0 Å². The highest BCUT2D eigenvalue weighted by atomic mass is 79.9. The molecule has 1 aromatic carbocycles. The zero-order chi connectivity index (χ0) is 17.8. The summed E-state index contributed by atoms with van der Waals surface area (Å²) in [6, 6.07) is 14.2. The second-order valence-corrected chi connectivity index (χ2v) is 7.25. The van der Waals surface area contributed by atoms with Gasteiger partial charge in [-0.1, -0.05) is 34.1 Å². The van der Waals surface area contributed by atoms with Crippen LogP contribution in [-0.2, 0) is 0 Å². The molecule has 0 bridgehead atoms. The summed E-state index contributed by atoms with van der Waals surface area (Å²) in [5.74, 6) is -0.311. The Kier molecular flexibility index (Phi) is 5.35. The van der Waals surface area contributed by atoms with Gasteiger partial charge in [0.1, 0.15) is 0 Å². The van der Waals surface area contributed by atoms with Crippen LogP contribution < -0.4 is 10.6 Å². The fraction of sp³-hybridized carbons (Fsp3) is 0.111. The molecule has 0 aliphatic carbocycles. The first-order chi connectivity index (χ1) is 12.0. The second-order valence-electron chi connectivity index (χ2n) is 5.31. The molecular weight excluding hydrogens is 404 g/mol. The van der Waals surface area contributed by atoms with Gasteiger partial charge in [0.25, 0.3) is 11.8 Å². The summed E-state index contributed by atoms with van der Waals surface area (Å²) in [4.78, 5) is 24.9. The summed E-state index contributed by atoms with van der Waals surface area (Å²) in [6.07, 6.45) is 1.44. The number of furan rings is 1. The van der Waals surface area contributed by atoms with E-state index in [4.69, 9.17) is 4.42 Å². The maximum atomic E-state index is 12.4. The summed E-state index contributed by atoms with van der Waals surface area (Å²) in [7, 11) is 0. The average molecular weight is 419 g/mol. The van der Waals surface area contributed by atoms with Crippen LogP contribution in [0.1, 0.15) is 38.8 Å². The molecule has 2 N–H and O–H groups in total. The van der Waals surface area contributed by atoms with Crippen molar-refractivity contribution >= 4 is 44.1 Å². The first kappa shape index (κ1) is 17.4. The SMILES string of the molecule is CC(NC(=O)c1ccc(NC(=O)c2ccco2)s1)c1ccccc1Br. The molecular formula is C18H15BrN2O3S. The second kappa shape index (κ2) is 7.67. The van der Waals surface area contributed by atoms with Gasteiger partial charge in [-0.25, -0.2) is 0 Å². The van der Waals surface area contributed by atoms with E-state index in [0.717, 1.165) is 10.0 Å². The smallest absolute Gasteiger partial charge is 0.291 e. The quantitative estimate of drug-likeness (QED) is 0.621. The number of thiophene rings is 1. The van der Waals surface area contributed by atoms with Gasteiger partial charge in [-0.2, -0.15) is 0 Å². The van der Waals surface area contributed by atoms with Crippen molar-refractivity contribution in [3.05, 3.63) is 75.5 Å². The Morgan fingerprint density at radius 3 is 2.60 bits per heavy atom. The van der Waals surface area contributed by atoms with Crippen LogP contribution in [0.2, 0.25) is 0 Å². The topological polar surface area (TPSA) is 71.3 Å². The van der Waals surface area contributed by atoms with Crippen molar-refractivity contribution < 1.29 is 14.0 Å². The molecule has 3 rings (SSSR count). The highest BCUT2D eigenvalue weighted by Crippen LogP contribution is 2.26. The first-order valence-corrected chi connectivity index (χ1v) is 9.15. The lowest BCUT2D eigenvalue weighted by Gasteiger charge is -2.15. The zero-order valence-corrected chi connectivity index (χ0v) is 15.7. The molecule has 25 heavy (non-hydrogen) atoms. The molecule has 2 aromatic heterocycles. The fourth-order valence-corrected chi connectivity index (χ4v) is 3.71. The van der Waals surface area contributed by atoms with Gasteiger partial charge in [0.05, 0.1) is 22.2 Å². The van der Waals surface area contributed by atoms with Crippen molar-refractivity contribution in [1.82, 2.24) is 5.32 Å². The Labute approximate surface area is 157 Å². The summed E-state index contributed by atoms with van der Waals surface area (Å²) in [5, 5.41) is 6.25. The predicted molar refractivity (Wildman–Crippen MR) is 101 cm³/mol. The van der Waals surface area contributed by atoms with Gasteiger partial charge in [-0.3, -0.25) is 9.59 Å². The molecule has 0 fully saturated rings. The van der Waals surface area contributed by atoms with Crippen molar-refractivity contribution in [3.63, 3.8) is 0 Å². The Morgan fingerprint density at radius 2 is 1.88 bits per heavy atom. The van der Waals surface area contributed by atoms with E-state index in [1.54, 1.807) is 24.3 Å². The molecule has 128 valence electrons. The van der Waals surface area contributed by atoms with Crippen LogP contribution in [0.3, 0.4) is 0 Å². The van der Waals surface area contributed by atoms with Gasteiger partial charge >= 0.3 is 0 Å². The maximum Gasteiger partial charge on any atom is 0.291 e. The maximum absolute atomic E-state index is 12.4. The third kappa shape index (κ3) is 4.18. The molecule has 2 amide bonds. The van der Waals surface area contributed by atoms with E-state index in [1.165, 1.54) is 17.6 Å². The molecule has 0 spiro atoms. The number of benzene rings is 1. The highest BCUT2D eigenvalue weighted by Gasteiger charge is 2.16. The van der Waals surface area contributed by atoms with Crippen LogP contribution in [0.5, 0.6) is 0 Å². The number of anilines is 1. The van der Waals surface area contributed by atoms with E-state index < -0.39 is 0 Å². The van der Waals surface area contributed by atoms with Crippen LogP contribution in [0.15, 0.2) is 63.7 Å². The number of amides is 2. The van der Waals surface area contributed by atoms with E-state index in [0.29, 0.717) is 9.88 Å². The van der Waals surface area contributed by atoms with Crippen LogP contribution in [0.25, 0.3) is 0 Å². The molecule has 0 saturated heterocycles. The molecule has 1 atom stereocenters. The number of carbonyl (C=O) groups is 2. The molecule has 2 heterocycles. The monoisotopic (exact) mass is 418 g/mol. The third-order valence-corrected chi connectivity index (χ3v) is 5.25. The number of hydrogen-bond donors (Lipinski definition) is 2. The van der Waals surface area contributed by atoms with Gasteiger partial charge in [-0.05, 0) is 42.8 Å². The van der Waals surface area contributed by atoms with Crippen LogP contribution >= 0.6 is 27.3 Å². The number of halogens is 1. The zero-order valence-electron chi connectivity index (χ0n) is 13.3. The molecule has 0 aliphatic rings. The van der Waals surface area contributed by atoms with Crippen molar-refractivity contribution in [2.24, 2.45) is 0 Å². The highest BCUT2D eigenvalue weighted by molar-refractivity contribution is 9.10. The number of carbonyl (C=O) groups excluding carboxylic acids is 2. The van der Waals surface area contributed by atoms with E-state index in [1.807, 2.05) is 31.2 Å². The van der Waals surface area contributed by atoms with Crippen molar-refractivity contribution in [3.8, 4) is 0 Å². The average Bonchev–Trinajstić information content (AvgIpc) is 3.27. The summed E-state index contributed by atoms with van der Waals surface area (Å²) >= 11 is 4.70. The molecule has 3 aromatic rings. The van der Waals surface area contributed by atoms with Crippen molar-refractivity contribution in [2.45, 2.75) is 13.0 Å². The fourth-order valence-electron chi connectivity index (χ4n) is 2.28. The Hall–Kier alpha value is -2.38. The summed E-state index contributed by atoms with van der Waals surface area (Å²) in [5.41, 5.74) is 0.999. The van der Waals surface area contributed by atoms with Gasteiger partial charge in [-0.15, -0.1) is 11.3 Å². The van der Waals surface area contributed by atoms with Crippen LogP contribution in [0.4, 0.5) is 5.00 Å². The molecule has 1 unspecified atom stereocenters.